The standard InChI is InChI=1S/C11H11F3N2O2S2/c12-11(13,14)9-6-7(2-3-8(9)10(15)19)16-4-1-5-20(16,17)18/h2-3,6H,1,4-5H2,(H2,15,19). The summed E-state index contributed by atoms with van der Waals surface area (Å²) in [5.41, 5.74) is 3.91. The van der Waals surface area contributed by atoms with Crippen molar-refractivity contribution in [3.05, 3.63) is 29.3 Å². The molecule has 2 rings (SSSR count). The maximum Gasteiger partial charge on any atom is 0.417 e. The lowest BCUT2D eigenvalue weighted by Crippen LogP contribution is -2.26. The van der Waals surface area contributed by atoms with Crippen molar-refractivity contribution in [3.63, 3.8) is 0 Å². The number of hydrogen-bond donors (Lipinski definition) is 1. The van der Waals surface area contributed by atoms with Crippen molar-refractivity contribution in [1.82, 2.24) is 0 Å². The zero-order valence-electron chi connectivity index (χ0n) is 10.1. The van der Waals surface area contributed by atoms with Crippen LogP contribution in [0.1, 0.15) is 17.5 Å². The van der Waals surface area contributed by atoms with Crippen molar-refractivity contribution < 1.29 is 21.6 Å². The molecule has 0 bridgehead atoms. The average Bonchev–Trinajstić information content (AvgIpc) is 2.67. The van der Waals surface area contributed by atoms with E-state index in [1.54, 1.807) is 0 Å². The van der Waals surface area contributed by atoms with Gasteiger partial charge in [0.2, 0.25) is 10.0 Å². The zero-order chi connectivity index (χ0) is 15.1. The normalized spacial score (nSPS) is 18.2. The number of rotatable bonds is 2. The third kappa shape index (κ3) is 2.73. The van der Waals surface area contributed by atoms with Crippen LogP contribution >= 0.6 is 12.2 Å². The van der Waals surface area contributed by atoms with Gasteiger partial charge >= 0.3 is 6.18 Å². The number of sulfonamides is 1. The van der Waals surface area contributed by atoms with Crippen molar-refractivity contribution in [1.29, 1.82) is 0 Å². The molecule has 0 spiro atoms. The van der Waals surface area contributed by atoms with Crippen LogP contribution < -0.4 is 10.0 Å². The molecule has 1 aliphatic rings. The summed E-state index contributed by atoms with van der Waals surface area (Å²) in [6.45, 7) is 0.173. The van der Waals surface area contributed by atoms with Gasteiger partial charge in [-0.2, -0.15) is 13.2 Å². The largest absolute Gasteiger partial charge is 0.417 e. The van der Waals surface area contributed by atoms with E-state index in [2.05, 4.69) is 12.2 Å². The Morgan fingerprint density at radius 1 is 1.35 bits per heavy atom. The fraction of sp³-hybridized carbons (Fsp3) is 0.364. The molecule has 0 aromatic heterocycles. The molecule has 1 aromatic rings. The van der Waals surface area contributed by atoms with Crippen LogP contribution in [0.3, 0.4) is 0 Å². The Labute approximate surface area is 119 Å². The Balaban J connectivity index is 2.56. The van der Waals surface area contributed by atoms with Gasteiger partial charge in [-0.05, 0) is 24.6 Å². The highest BCUT2D eigenvalue weighted by Gasteiger charge is 2.36. The maximum absolute atomic E-state index is 13.0. The molecule has 0 aliphatic carbocycles. The number of benzene rings is 1. The van der Waals surface area contributed by atoms with Crippen LogP contribution in [-0.2, 0) is 16.2 Å². The second kappa shape index (κ2) is 4.88. The van der Waals surface area contributed by atoms with Crippen LogP contribution in [0.15, 0.2) is 18.2 Å². The second-order valence-electron chi connectivity index (χ2n) is 4.33. The minimum absolute atomic E-state index is 0.0187. The molecule has 0 amide bonds. The monoisotopic (exact) mass is 324 g/mol. The van der Waals surface area contributed by atoms with E-state index < -0.39 is 21.8 Å². The molecule has 0 unspecified atom stereocenters. The molecule has 20 heavy (non-hydrogen) atoms. The molecule has 110 valence electrons. The van der Waals surface area contributed by atoms with Crippen molar-refractivity contribution in [2.24, 2.45) is 5.73 Å². The molecular formula is C11H11F3N2O2S2. The second-order valence-corrected chi connectivity index (χ2v) is 6.79. The zero-order valence-corrected chi connectivity index (χ0v) is 11.8. The Hall–Kier alpha value is -1.35. The van der Waals surface area contributed by atoms with Crippen molar-refractivity contribution >= 4 is 32.9 Å². The molecule has 0 radical (unpaired) electrons. The smallest absolute Gasteiger partial charge is 0.389 e. The molecule has 9 heteroatoms. The number of halogens is 3. The molecule has 1 heterocycles. The van der Waals surface area contributed by atoms with Gasteiger partial charge in [0.1, 0.15) is 4.99 Å². The Morgan fingerprint density at radius 2 is 2.00 bits per heavy atom. The summed E-state index contributed by atoms with van der Waals surface area (Å²) in [7, 11) is -3.53. The number of thiocarbonyl (C=S) groups is 1. The van der Waals surface area contributed by atoms with Crippen LogP contribution in [0.2, 0.25) is 0 Å². The SMILES string of the molecule is NC(=S)c1ccc(N2CCCS2(=O)=O)cc1C(F)(F)F. The number of nitrogens with two attached hydrogens (primary N) is 1. The first-order chi connectivity index (χ1) is 9.13. The van der Waals surface area contributed by atoms with Crippen LogP contribution in [0.4, 0.5) is 18.9 Å². The minimum Gasteiger partial charge on any atom is -0.389 e. The molecule has 1 aliphatic heterocycles. The van der Waals surface area contributed by atoms with Gasteiger partial charge in [-0.15, -0.1) is 0 Å². The summed E-state index contributed by atoms with van der Waals surface area (Å²) in [6, 6.07) is 3.16. The lowest BCUT2D eigenvalue weighted by atomic mass is 10.1. The van der Waals surface area contributed by atoms with E-state index in [9.17, 15) is 21.6 Å². The Bertz CT molecular complexity index is 656. The molecule has 2 N–H and O–H groups in total. The Morgan fingerprint density at radius 3 is 2.45 bits per heavy atom. The van der Waals surface area contributed by atoms with Gasteiger partial charge in [0.25, 0.3) is 0 Å². The fourth-order valence-electron chi connectivity index (χ4n) is 2.07. The lowest BCUT2D eigenvalue weighted by molar-refractivity contribution is -0.137. The molecular weight excluding hydrogens is 313 g/mol. The van der Waals surface area contributed by atoms with Gasteiger partial charge in [-0.1, -0.05) is 12.2 Å². The van der Waals surface area contributed by atoms with E-state index in [-0.39, 0.29) is 28.5 Å². The van der Waals surface area contributed by atoms with E-state index in [0.717, 1.165) is 16.4 Å². The first-order valence-electron chi connectivity index (χ1n) is 5.64. The highest BCUT2D eigenvalue weighted by Crippen LogP contribution is 2.36. The first kappa shape index (κ1) is 15.0. The Kier molecular flexibility index (Phi) is 3.67. The number of hydrogen-bond acceptors (Lipinski definition) is 3. The van der Waals surface area contributed by atoms with Crippen molar-refractivity contribution in [2.45, 2.75) is 12.6 Å². The van der Waals surface area contributed by atoms with E-state index in [1.165, 1.54) is 6.07 Å². The quantitative estimate of drug-likeness (QED) is 0.844. The number of anilines is 1. The molecule has 4 nitrogen and oxygen atoms in total. The third-order valence-corrected chi connectivity index (χ3v) is 5.05. The summed E-state index contributed by atoms with van der Waals surface area (Å²) < 4.78 is 63.4. The summed E-state index contributed by atoms with van der Waals surface area (Å²) in [4.78, 5) is -0.381. The summed E-state index contributed by atoms with van der Waals surface area (Å²) >= 11 is 4.59. The van der Waals surface area contributed by atoms with Gasteiger partial charge in [-0.25, -0.2) is 8.42 Å². The van der Waals surface area contributed by atoms with E-state index >= 15 is 0 Å². The van der Waals surface area contributed by atoms with Gasteiger partial charge in [-0.3, -0.25) is 4.31 Å². The molecule has 0 atom stereocenters. The molecule has 1 fully saturated rings. The summed E-state index contributed by atoms with van der Waals surface area (Å²) in [5, 5.41) is 0. The van der Waals surface area contributed by atoms with Crippen LogP contribution in [0, 0.1) is 0 Å². The van der Waals surface area contributed by atoms with E-state index in [4.69, 9.17) is 5.73 Å². The van der Waals surface area contributed by atoms with Crippen LogP contribution in [0.5, 0.6) is 0 Å². The molecule has 0 saturated carbocycles. The summed E-state index contributed by atoms with van der Waals surface area (Å²) in [5.74, 6) is -0.0641. The lowest BCUT2D eigenvalue weighted by Gasteiger charge is -2.20. The van der Waals surface area contributed by atoms with Gasteiger partial charge < -0.3 is 5.73 Å². The number of alkyl halides is 3. The highest BCUT2D eigenvalue weighted by atomic mass is 32.2. The van der Waals surface area contributed by atoms with Gasteiger partial charge in [0.05, 0.1) is 17.0 Å². The molecule has 1 aromatic carbocycles. The van der Waals surface area contributed by atoms with Crippen molar-refractivity contribution in [2.75, 3.05) is 16.6 Å². The maximum atomic E-state index is 13.0. The van der Waals surface area contributed by atoms with Gasteiger partial charge in [0.15, 0.2) is 0 Å². The van der Waals surface area contributed by atoms with E-state index in [1.807, 2.05) is 0 Å². The summed E-state index contributed by atoms with van der Waals surface area (Å²) in [6.07, 6.45) is -4.26. The predicted octanol–water partition coefficient (Wildman–Crippen LogP) is 1.88. The van der Waals surface area contributed by atoms with Gasteiger partial charge in [0, 0.05) is 12.1 Å². The fourth-order valence-corrected chi connectivity index (χ4v) is 3.80. The van der Waals surface area contributed by atoms with E-state index in [0.29, 0.717) is 6.42 Å². The number of nitrogens with zero attached hydrogens (tertiary/aromatic N) is 1. The van der Waals surface area contributed by atoms with Crippen molar-refractivity contribution in [3.8, 4) is 0 Å². The third-order valence-electron chi connectivity index (χ3n) is 2.96. The topological polar surface area (TPSA) is 63.4 Å². The van der Waals surface area contributed by atoms with Crippen LogP contribution in [0.25, 0.3) is 0 Å². The average molecular weight is 324 g/mol. The first-order valence-corrected chi connectivity index (χ1v) is 7.66. The minimum atomic E-state index is -4.65. The predicted molar refractivity (Wildman–Crippen MR) is 73.1 cm³/mol. The highest BCUT2D eigenvalue weighted by molar-refractivity contribution is 7.93. The van der Waals surface area contributed by atoms with Crippen LogP contribution in [-0.4, -0.2) is 25.7 Å². The molecule has 1 saturated heterocycles.